The summed E-state index contributed by atoms with van der Waals surface area (Å²) < 4.78 is 6.96. The highest BCUT2D eigenvalue weighted by molar-refractivity contribution is 5.96. The standard InChI is InChI=1S/C23H30N4O3/c1-4-30-23(29)26-19(14-17(2)3)15-25-22(28)11-10-18-16-27(13-7-12-24)21-9-6-5-8-20(18)21/h5-6,8-11,16-17,19H,4,7,13-15H2,1-3H3,(H,25,28)(H,26,29). The number of nitrogens with zero attached hydrogens (tertiary/aromatic N) is 2. The number of ether oxygens (including phenoxy) is 1. The van der Waals surface area contributed by atoms with E-state index < -0.39 is 6.09 Å². The molecule has 0 bridgehead atoms. The summed E-state index contributed by atoms with van der Waals surface area (Å²) in [4.78, 5) is 24.1. The summed E-state index contributed by atoms with van der Waals surface area (Å²) in [7, 11) is 0. The molecule has 2 amide bonds. The van der Waals surface area contributed by atoms with Gasteiger partial charge in [-0.25, -0.2) is 4.79 Å². The van der Waals surface area contributed by atoms with Crippen LogP contribution in [0.1, 0.15) is 39.2 Å². The van der Waals surface area contributed by atoms with Crippen LogP contribution in [-0.2, 0) is 16.1 Å². The van der Waals surface area contributed by atoms with Gasteiger partial charge in [0.15, 0.2) is 0 Å². The summed E-state index contributed by atoms with van der Waals surface area (Å²) in [5.74, 6) is 0.132. The van der Waals surface area contributed by atoms with E-state index in [-0.39, 0.29) is 11.9 Å². The number of carbonyl (C=O) groups is 2. The summed E-state index contributed by atoms with van der Waals surface area (Å²) >= 11 is 0. The quantitative estimate of drug-likeness (QED) is 0.582. The van der Waals surface area contributed by atoms with E-state index in [0.29, 0.717) is 32.0 Å². The van der Waals surface area contributed by atoms with Crippen LogP contribution in [0.2, 0.25) is 0 Å². The number of hydrogen-bond donors (Lipinski definition) is 2. The van der Waals surface area contributed by atoms with Crippen molar-refractivity contribution >= 4 is 29.0 Å². The van der Waals surface area contributed by atoms with Gasteiger partial charge in [-0.15, -0.1) is 0 Å². The van der Waals surface area contributed by atoms with Crippen LogP contribution in [0.3, 0.4) is 0 Å². The fraction of sp³-hybridized carbons (Fsp3) is 0.435. The molecule has 0 fully saturated rings. The minimum Gasteiger partial charge on any atom is -0.450 e. The highest BCUT2D eigenvalue weighted by atomic mass is 16.5. The van der Waals surface area contributed by atoms with Crippen molar-refractivity contribution in [3.05, 3.63) is 42.1 Å². The molecular weight excluding hydrogens is 380 g/mol. The van der Waals surface area contributed by atoms with E-state index in [1.165, 1.54) is 6.08 Å². The van der Waals surface area contributed by atoms with E-state index in [4.69, 9.17) is 10.00 Å². The van der Waals surface area contributed by atoms with Gasteiger partial charge in [-0.05, 0) is 31.4 Å². The van der Waals surface area contributed by atoms with Gasteiger partial charge in [-0.1, -0.05) is 32.0 Å². The van der Waals surface area contributed by atoms with Gasteiger partial charge in [0.25, 0.3) is 0 Å². The summed E-state index contributed by atoms with van der Waals surface area (Å²) in [5, 5.41) is 15.5. The van der Waals surface area contributed by atoms with Crippen molar-refractivity contribution in [3.8, 4) is 6.07 Å². The molecule has 1 heterocycles. The number of para-hydroxylation sites is 1. The van der Waals surface area contributed by atoms with Crippen LogP contribution in [-0.4, -0.2) is 35.8 Å². The Kier molecular flexibility index (Phi) is 8.95. The Bertz CT molecular complexity index is 924. The third kappa shape index (κ3) is 6.96. The second-order valence-corrected chi connectivity index (χ2v) is 7.47. The number of nitrogens with one attached hydrogen (secondary N) is 2. The lowest BCUT2D eigenvalue weighted by Crippen LogP contribution is -2.44. The number of amides is 2. The van der Waals surface area contributed by atoms with Crippen LogP contribution in [0.4, 0.5) is 4.79 Å². The maximum absolute atomic E-state index is 12.3. The molecule has 0 saturated heterocycles. The molecule has 0 aliphatic heterocycles. The number of nitriles is 1. The Hall–Kier alpha value is -3.27. The summed E-state index contributed by atoms with van der Waals surface area (Å²) in [6.45, 7) is 7.10. The highest BCUT2D eigenvalue weighted by Crippen LogP contribution is 2.22. The Morgan fingerprint density at radius 2 is 2.07 bits per heavy atom. The largest absolute Gasteiger partial charge is 0.450 e. The van der Waals surface area contributed by atoms with Crippen LogP contribution in [0, 0.1) is 17.2 Å². The minimum absolute atomic E-state index is 0.200. The van der Waals surface area contributed by atoms with Gasteiger partial charge in [0.1, 0.15) is 0 Å². The number of carbonyl (C=O) groups excluding carboxylic acids is 2. The first-order chi connectivity index (χ1) is 14.4. The molecule has 0 saturated carbocycles. The van der Waals surface area contributed by atoms with Crippen LogP contribution < -0.4 is 10.6 Å². The molecule has 0 radical (unpaired) electrons. The fourth-order valence-electron chi connectivity index (χ4n) is 3.31. The van der Waals surface area contributed by atoms with Gasteiger partial charge in [0, 0.05) is 47.9 Å². The number of hydrogen-bond acceptors (Lipinski definition) is 4. The number of rotatable bonds is 10. The van der Waals surface area contributed by atoms with Gasteiger partial charge >= 0.3 is 6.09 Å². The molecule has 1 aromatic carbocycles. The molecule has 30 heavy (non-hydrogen) atoms. The molecule has 0 aliphatic rings. The van der Waals surface area contributed by atoms with E-state index >= 15 is 0 Å². The molecule has 0 spiro atoms. The molecule has 7 heteroatoms. The normalized spacial score (nSPS) is 12.1. The Balaban J connectivity index is 2.02. The van der Waals surface area contributed by atoms with E-state index in [2.05, 4.69) is 30.6 Å². The van der Waals surface area contributed by atoms with Crippen LogP contribution in [0.25, 0.3) is 17.0 Å². The zero-order chi connectivity index (χ0) is 21.9. The number of fused-ring (bicyclic) bond motifs is 1. The zero-order valence-corrected chi connectivity index (χ0v) is 17.9. The molecule has 2 rings (SSSR count). The SMILES string of the molecule is CCOC(=O)NC(CNC(=O)C=Cc1cn(CCC#N)c2ccccc12)CC(C)C. The van der Waals surface area contributed by atoms with E-state index in [1.54, 1.807) is 13.0 Å². The predicted molar refractivity (Wildman–Crippen MR) is 118 cm³/mol. The smallest absolute Gasteiger partial charge is 0.407 e. The Morgan fingerprint density at radius 1 is 1.30 bits per heavy atom. The van der Waals surface area contributed by atoms with Crippen molar-refractivity contribution in [3.63, 3.8) is 0 Å². The minimum atomic E-state index is -0.474. The van der Waals surface area contributed by atoms with E-state index in [9.17, 15) is 9.59 Å². The zero-order valence-electron chi connectivity index (χ0n) is 17.9. The Morgan fingerprint density at radius 3 is 2.77 bits per heavy atom. The molecule has 1 unspecified atom stereocenters. The molecule has 2 aromatic rings. The van der Waals surface area contributed by atoms with Crippen molar-refractivity contribution < 1.29 is 14.3 Å². The van der Waals surface area contributed by atoms with Crippen molar-refractivity contribution in [1.29, 1.82) is 5.26 Å². The van der Waals surface area contributed by atoms with Gasteiger partial charge in [0.05, 0.1) is 19.1 Å². The second-order valence-electron chi connectivity index (χ2n) is 7.47. The third-order valence-electron chi connectivity index (χ3n) is 4.57. The van der Waals surface area contributed by atoms with Crippen molar-refractivity contribution in [2.75, 3.05) is 13.2 Å². The van der Waals surface area contributed by atoms with Gasteiger partial charge in [0.2, 0.25) is 5.91 Å². The average Bonchev–Trinajstić information content (AvgIpc) is 3.06. The first-order valence-electron chi connectivity index (χ1n) is 10.3. The van der Waals surface area contributed by atoms with Crippen molar-refractivity contribution in [2.24, 2.45) is 5.92 Å². The third-order valence-corrected chi connectivity index (χ3v) is 4.57. The summed E-state index contributed by atoms with van der Waals surface area (Å²) in [6, 6.07) is 9.87. The molecule has 7 nitrogen and oxygen atoms in total. The molecule has 160 valence electrons. The lowest BCUT2D eigenvalue weighted by molar-refractivity contribution is -0.116. The first kappa shape index (κ1) is 23.0. The number of aryl methyl sites for hydroxylation is 1. The molecule has 0 aliphatic carbocycles. The van der Waals surface area contributed by atoms with E-state index in [0.717, 1.165) is 22.9 Å². The highest BCUT2D eigenvalue weighted by Gasteiger charge is 2.15. The Labute approximate surface area is 177 Å². The van der Waals surface area contributed by atoms with Crippen molar-refractivity contribution in [1.82, 2.24) is 15.2 Å². The first-order valence-corrected chi connectivity index (χ1v) is 10.3. The van der Waals surface area contributed by atoms with Gasteiger partial charge in [-0.2, -0.15) is 5.26 Å². The van der Waals surface area contributed by atoms with Gasteiger partial charge < -0.3 is 19.9 Å². The fourth-order valence-corrected chi connectivity index (χ4v) is 3.31. The summed E-state index contributed by atoms with van der Waals surface area (Å²) in [6.07, 6.45) is 5.90. The predicted octanol–water partition coefficient (Wildman–Crippen LogP) is 3.85. The molecule has 2 N–H and O–H groups in total. The monoisotopic (exact) mass is 410 g/mol. The van der Waals surface area contributed by atoms with Crippen LogP contribution in [0.15, 0.2) is 36.5 Å². The lowest BCUT2D eigenvalue weighted by atomic mass is 10.0. The van der Waals surface area contributed by atoms with Gasteiger partial charge in [-0.3, -0.25) is 4.79 Å². The van der Waals surface area contributed by atoms with Crippen LogP contribution >= 0.6 is 0 Å². The van der Waals surface area contributed by atoms with Crippen molar-refractivity contribution in [2.45, 2.75) is 46.2 Å². The maximum Gasteiger partial charge on any atom is 0.407 e. The van der Waals surface area contributed by atoms with Crippen LogP contribution in [0.5, 0.6) is 0 Å². The molecule has 1 atom stereocenters. The topological polar surface area (TPSA) is 96.2 Å². The number of alkyl carbamates (subject to hydrolysis) is 1. The second kappa shape index (κ2) is 11.7. The summed E-state index contributed by atoms with van der Waals surface area (Å²) in [5.41, 5.74) is 1.95. The van der Waals surface area contributed by atoms with E-state index in [1.807, 2.05) is 35.0 Å². The number of benzene rings is 1. The molecular formula is C23H30N4O3. The number of aromatic nitrogens is 1. The average molecular weight is 411 g/mol. The lowest BCUT2D eigenvalue weighted by Gasteiger charge is -2.20. The maximum atomic E-state index is 12.3. The molecule has 1 aromatic heterocycles.